The molecule has 1 heterocycles. The molecule has 0 bridgehead atoms. The van der Waals surface area contributed by atoms with Crippen molar-refractivity contribution in [1.29, 1.82) is 0 Å². The highest BCUT2D eigenvalue weighted by atomic mass is 16.3. The van der Waals surface area contributed by atoms with Crippen molar-refractivity contribution in [3.05, 3.63) is 29.6 Å². The van der Waals surface area contributed by atoms with E-state index < -0.39 is 5.60 Å². The molecule has 1 aromatic rings. The summed E-state index contributed by atoms with van der Waals surface area (Å²) in [6.07, 6.45) is 1.58. The highest BCUT2D eigenvalue weighted by Gasteiger charge is 2.05. The quantitative estimate of drug-likeness (QED) is 0.642. The molecule has 0 saturated carbocycles. The number of aliphatic hydroxyl groups is 2. The standard InChI is InChI=1S/C11H13NO2/c1-11(2,14)5-3-10-7-9(8-13)4-6-12-10/h4,6-7,13-14H,8H2,1-2H3. The van der Waals surface area contributed by atoms with Gasteiger partial charge >= 0.3 is 0 Å². The Morgan fingerprint density at radius 3 is 2.79 bits per heavy atom. The molecule has 3 heteroatoms. The van der Waals surface area contributed by atoms with Crippen molar-refractivity contribution in [2.75, 3.05) is 0 Å². The van der Waals surface area contributed by atoms with E-state index in [2.05, 4.69) is 16.8 Å². The molecular weight excluding hydrogens is 178 g/mol. The maximum atomic E-state index is 9.35. The van der Waals surface area contributed by atoms with Crippen LogP contribution in [0.15, 0.2) is 18.3 Å². The summed E-state index contributed by atoms with van der Waals surface area (Å²) in [5.74, 6) is 5.39. The van der Waals surface area contributed by atoms with Gasteiger partial charge in [0.15, 0.2) is 0 Å². The minimum Gasteiger partial charge on any atom is -0.392 e. The first kappa shape index (κ1) is 10.7. The molecule has 0 radical (unpaired) electrons. The Morgan fingerprint density at radius 1 is 1.50 bits per heavy atom. The summed E-state index contributed by atoms with van der Waals surface area (Å²) in [5, 5.41) is 18.2. The highest BCUT2D eigenvalue weighted by molar-refractivity contribution is 5.32. The van der Waals surface area contributed by atoms with Crippen LogP contribution in [0.3, 0.4) is 0 Å². The van der Waals surface area contributed by atoms with Crippen LogP contribution in [0.25, 0.3) is 0 Å². The lowest BCUT2D eigenvalue weighted by atomic mass is 10.1. The van der Waals surface area contributed by atoms with Gasteiger partial charge < -0.3 is 10.2 Å². The molecule has 0 fully saturated rings. The van der Waals surface area contributed by atoms with Crippen molar-refractivity contribution in [2.24, 2.45) is 0 Å². The van der Waals surface area contributed by atoms with Gasteiger partial charge in [0, 0.05) is 6.20 Å². The number of nitrogens with zero attached hydrogens (tertiary/aromatic N) is 1. The van der Waals surface area contributed by atoms with Gasteiger partial charge in [0.05, 0.1) is 6.61 Å². The Kier molecular flexibility index (Phi) is 3.23. The Balaban J connectivity index is 2.90. The van der Waals surface area contributed by atoms with Crippen LogP contribution in [0, 0.1) is 11.8 Å². The summed E-state index contributed by atoms with van der Waals surface area (Å²) in [6.45, 7) is 3.19. The number of pyridine rings is 1. The zero-order valence-electron chi connectivity index (χ0n) is 8.28. The Hall–Kier alpha value is -1.37. The summed E-state index contributed by atoms with van der Waals surface area (Å²) in [4.78, 5) is 3.99. The van der Waals surface area contributed by atoms with E-state index in [0.29, 0.717) is 5.69 Å². The van der Waals surface area contributed by atoms with E-state index in [1.54, 1.807) is 32.2 Å². The van der Waals surface area contributed by atoms with E-state index in [1.807, 2.05) is 0 Å². The molecule has 74 valence electrons. The van der Waals surface area contributed by atoms with Crippen molar-refractivity contribution in [3.63, 3.8) is 0 Å². The average molecular weight is 191 g/mol. The largest absolute Gasteiger partial charge is 0.392 e. The van der Waals surface area contributed by atoms with Crippen LogP contribution in [-0.2, 0) is 6.61 Å². The lowest BCUT2D eigenvalue weighted by Gasteiger charge is -2.05. The number of aliphatic hydroxyl groups excluding tert-OH is 1. The van der Waals surface area contributed by atoms with Crippen LogP contribution >= 0.6 is 0 Å². The van der Waals surface area contributed by atoms with Crippen molar-refractivity contribution in [1.82, 2.24) is 4.98 Å². The fourth-order valence-electron chi connectivity index (χ4n) is 0.858. The fraction of sp³-hybridized carbons (Fsp3) is 0.364. The van der Waals surface area contributed by atoms with E-state index >= 15 is 0 Å². The summed E-state index contributed by atoms with van der Waals surface area (Å²) in [5.41, 5.74) is 0.301. The monoisotopic (exact) mass is 191 g/mol. The summed E-state index contributed by atoms with van der Waals surface area (Å²) >= 11 is 0. The Bertz CT molecular complexity index is 369. The van der Waals surface area contributed by atoms with Crippen molar-refractivity contribution in [3.8, 4) is 11.8 Å². The summed E-state index contributed by atoms with van der Waals surface area (Å²) in [7, 11) is 0. The van der Waals surface area contributed by atoms with Crippen LogP contribution in [0.2, 0.25) is 0 Å². The van der Waals surface area contributed by atoms with E-state index in [0.717, 1.165) is 5.56 Å². The highest BCUT2D eigenvalue weighted by Crippen LogP contribution is 2.02. The molecule has 2 N–H and O–H groups in total. The van der Waals surface area contributed by atoms with Crippen molar-refractivity contribution in [2.45, 2.75) is 26.1 Å². The van der Waals surface area contributed by atoms with Gasteiger partial charge in [-0.3, -0.25) is 0 Å². The van der Waals surface area contributed by atoms with Gasteiger partial charge in [-0.2, -0.15) is 0 Å². The third kappa shape index (κ3) is 3.56. The van der Waals surface area contributed by atoms with E-state index in [1.165, 1.54) is 0 Å². The number of hydrogen-bond acceptors (Lipinski definition) is 3. The first-order valence-electron chi connectivity index (χ1n) is 4.32. The lowest BCUT2D eigenvalue weighted by molar-refractivity contribution is 0.143. The van der Waals surface area contributed by atoms with Gasteiger partial charge in [-0.1, -0.05) is 5.92 Å². The van der Waals surface area contributed by atoms with Crippen LogP contribution in [0.5, 0.6) is 0 Å². The summed E-state index contributed by atoms with van der Waals surface area (Å²) in [6, 6.07) is 3.41. The SMILES string of the molecule is CC(C)(O)C#Cc1cc(CO)ccn1. The first-order chi connectivity index (χ1) is 6.51. The second-order valence-corrected chi connectivity index (χ2v) is 3.52. The molecule has 0 aliphatic rings. The molecule has 0 aliphatic carbocycles. The molecule has 0 aliphatic heterocycles. The van der Waals surface area contributed by atoms with E-state index in [-0.39, 0.29) is 6.61 Å². The van der Waals surface area contributed by atoms with Crippen molar-refractivity contribution >= 4 is 0 Å². The van der Waals surface area contributed by atoms with Gasteiger partial charge in [0.2, 0.25) is 0 Å². The zero-order valence-corrected chi connectivity index (χ0v) is 8.28. The molecule has 14 heavy (non-hydrogen) atoms. The third-order valence-corrected chi connectivity index (χ3v) is 1.50. The molecule has 3 nitrogen and oxygen atoms in total. The predicted octanol–water partition coefficient (Wildman–Crippen LogP) is 0.696. The molecule has 0 aromatic carbocycles. The van der Waals surface area contributed by atoms with E-state index in [4.69, 9.17) is 5.11 Å². The average Bonchev–Trinajstić information content (AvgIpc) is 2.14. The molecular formula is C11H13NO2. The van der Waals surface area contributed by atoms with Gasteiger partial charge in [-0.05, 0) is 37.5 Å². The Labute approximate surface area is 83.4 Å². The van der Waals surface area contributed by atoms with Gasteiger partial charge in [-0.25, -0.2) is 4.98 Å². The normalized spacial score (nSPS) is 10.6. The van der Waals surface area contributed by atoms with Gasteiger partial charge in [0.1, 0.15) is 11.3 Å². The van der Waals surface area contributed by atoms with Crippen molar-refractivity contribution < 1.29 is 10.2 Å². The minimum atomic E-state index is -1.02. The molecule has 0 spiro atoms. The first-order valence-corrected chi connectivity index (χ1v) is 4.32. The second-order valence-electron chi connectivity index (χ2n) is 3.52. The lowest BCUT2D eigenvalue weighted by Crippen LogP contribution is -2.14. The summed E-state index contributed by atoms with van der Waals surface area (Å²) < 4.78 is 0. The van der Waals surface area contributed by atoms with Gasteiger partial charge in [-0.15, -0.1) is 0 Å². The fourth-order valence-corrected chi connectivity index (χ4v) is 0.858. The molecule has 1 rings (SSSR count). The molecule has 0 saturated heterocycles. The van der Waals surface area contributed by atoms with Crippen LogP contribution < -0.4 is 0 Å². The molecule has 1 aromatic heterocycles. The minimum absolute atomic E-state index is 0.0281. The maximum absolute atomic E-state index is 9.35. The molecule has 0 unspecified atom stereocenters. The van der Waals surface area contributed by atoms with E-state index in [9.17, 15) is 5.11 Å². The Morgan fingerprint density at radius 2 is 2.21 bits per heavy atom. The maximum Gasteiger partial charge on any atom is 0.120 e. The topological polar surface area (TPSA) is 53.4 Å². The molecule has 0 atom stereocenters. The number of aromatic nitrogens is 1. The van der Waals surface area contributed by atoms with Crippen LogP contribution in [0.1, 0.15) is 25.1 Å². The smallest absolute Gasteiger partial charge is 0.120 e. The number of rotatable bonds is 1. The van der Waals surface area contributed by atoms with Gasteiger partial charge in [0.25, 0.3) is 0 Å². The second kappa shape index (κ2) is 4.23. The molecule has 0 amide bonds. The zero-order chi connectivity index (χ0) is 10.6. The van der Waals surface area contributed by atoms with Crippen LogP contribution in [0.4, 0.5) is 0 Å². The number of hydrogen-bond donors (Lipinski definition) is 2. The predicted molar refractivity (Wildman–Crippen MR) is 53.3 cm³/mol. The third-order valence-electron chi connectivity index (χ3n) is 1.50. The van der Waals surface area contributed by atoms with Crippen LogP contribution in [-0.4, -0.2) is 20.8 Å².